The molecule has 18 heavy (non-hydrogen) atoms. The molecule has 4 heteroatoms. The molecule has 1 aliphatic heterocycles. The van der Waals surface area contributed by atoms with Crippen LogP contribution in [0.1, 0.15) is 29.9 Å². The third-order valence-corrected chi connectivity index (χ3v) is 3.87. The molecule has 1 aromatic carbocycles. The first-order valence-electron chi connectivity index (χ1n) is 6.26. The van der Waals surface area contributed by atoms with Gasteiger partial charge in [-0.1, -0.05) is 29.8 Å². The molecule has 2 heterocycles. The standard InChI is InChI=1S/C14H16ClN3/c1-10-14-13(6-7-16-10)18(9-17-14)8-11-4-2-3-5-12(11)15/h2-5,9-10,16H,6-8H2,1H3. The van der Waals surface area contributed by atoms with Gasteiger partial charge in [0, 0.05) is 29.7 Å². The fourth-order valence-electron chi connectivity index (χ4n) is 2.51. The lowest BCUT2D eigenvalue weighted by Gasteiger charge is -2.21. The summed E-state index contributed by atoms with van der Waals surface area (Å²) in [5.41, 5.74) is 3.65. The van der Waals surface area contributed by atoms with Crippen molar-refractivity contribution < 1.29 is 0 Å². The number of halogens is 1. The van der Waals surface area contributed by atoms with Crippen LogP contribution in [0.25, 0.3) is 0 Å². The molecule has 2 aromatic rings. The van der Waals surface area contributed by atoms with Crippen LogP contribution < -0.4 is 5.32 Å². The second kappa shape index (κ2) is 4.75. The first-order chi connectivity index (χ1) is 8.75. The Labute approximate surface area is 112 Å². The fraction of sp³-hybridized carbons (Fsp3) is 0.357. The average Bonchev–Trinajstić information content (AvgIpc) is 2.77. The molecule has 0 radical (unpaired) electrons. The lowest BCUT2D eigenvalue weighted by atomic mass is 10.1. The fourth-order valence-corrected chi connectivity index (χ4v) is 2.70. The van der Waals surface area contributed by atoms with E-state index in [1.807, 2.05) is 24.5 Å². The van der Waals surface area contributed by atoms with Crippen molar-refractivity contribution >= 4 is 11.6 Å². The van der Waals surface area contributed by atoms with Crippen LogP contribution in [0.3, 0.4) is 0 Å². The number of nitrogens with one attached hydrogen (secondary N) is 1. The smallest absolute Gasteiger partial charge is 0.0955 e. The minimum absolute atomic E-state index is 0.348. The van der Waals surface area contributed by atoms with E-state index in [9.17, 15) is 0 Å². The summed E-state index contributed by atoms with van der Waals surface area (Å²) in [6, 6.07) is 8.33. The zero-order valence-corrected chi connectivity index (χ0v) is 11.1. The molecular formula is C14H16ClN3. The molecule has 0 aliphatic carbocycles. The molecule has 1 atom stereocenters. The number of rotatable bonds is 2. The number of nitrogens with zero attached hydrogens (tertiary/aromatic N) is 2. The van der Waals surface area contributed by atoms with Crippen LogP contribution in [-0.2, 0) is 13.0 Å². The van der Waals surface area contributed by atoms with Crippen molar-refractivity contribution in [3.63, 3.8) is 0 Å². The Kier molecular flexibility index (Phi) is 3.10. The Bertz CT molecular complexity index is 562. The van der Waals surface area contributed by atoms with Gasteiger partial charge in [-0.05, 0) is 18.6 Å². The average molecular weight is 262 g/mol. The maximum atomic E-state index is 6.21. The molecule has 1 unspecified atom stereocenters. The van der Waals surface area contributed by atoms with E-state index in [2.05, 4.69) is 27.9 Å². The van der Waals surface area contributed by atoms with E-state index in [1.165, 1.54) is 11.4 Å². The summed E-state index contributed by atoms with van der Waals surface area (Å²) in [4.78, 5) is 4.52. The van der Waals surface area contributed by atoms with Gasteiger partial charge in [-0.2, -0.15) is 0 Å². The van der Waals surface area contributed by atoms with E-state index in [0.29, 0.717) is 6.04 Å². The number of imidazole rings is 1. The van der Waals surface area contributed by atoms with Crippen molar-refractivity contribution in [1.29, 1.82) is 0 Å². The van der Waals surface area contributed by atoms with Crippen molar-refractivity contribution in [2.24, 2.45) is 0 Å². The molecule has 0 bridgehead atoms. The second-order valence-electron chi connectivity index (χ2n) is 4.72. The number of hydrogen-bond donors (Lipinski definition) is 1. The van der Waals surface area contributed by atoms with E-state index in [-0.39, 0.29) is 0 Å². The molecule has 0 spiro atoms. The summed E-state index contributed by atoms with van der Waals surface area (Å²) < 4.78 is 2.22. The summed E-state index contributed by atoms with van der Waals surface area (Å²) >= 11 is 6.21. The second-order valence-corrected chi connectivity index (χ2v) is 5.13. The lowest BCUT2D eigenvalue weighted by Crippen LogP contribution is -2.29. The number of hydrogen-bond acceptors (Lipinski definition) is 2. The van der Waals surface area contributed by atoms with Crippen LogP contribution in [0.4, 0.5) is 0 Å². The van der Waals surface area contributed by atoms with E-state index in [0.717, 1.165) is 30.1 Å². The summed E-state index contributed by atoms with van der Waals surface area (Å²) in [5.74, 6) is 0. The molecule has 94 valence electrons. The van der Waals surface area contributed by atoms with Crippen molar-refractivity contribution in [1.82, 2.24) is 14.9 Å². The van der Waals surface area contributed by atoms with Gasteiger partial charge >= 0.3 is 0 Å². The third-order valence-electron chi connectivity index (χ3n) is 3.50. The van der Waals surface area contributed by atoms with E-state index in [4.69, 9.17) is 11.6 Å². The Morgan fingerprint density at radius 3 is 3.11 bits per heavy atom. The Hall–Kier alpha value is -1.32. The van der Waals surface area contributed by atoms with Gasteiger partial charge in [-0.25, -0.2) is 4.98 Å². The van der Waals surface area contributed by atoms with Crippen LogP contribution in [-0.4, -0.2) is 16.1 Å². The van der Waals surface area contributed by atoms with Crippen LogP contribution in [0.15, 0.2) is 30.6 Å². The molecule has 3 nitrogen and oxygen atoms in total. The number of fused-ring (bicyclic) bond motifs is 1. The van der Waals surface area contributed by atoms with Crippen LogP contribution in [0, 0.1) is 0 Å². The summed E-state index contributed by atoms with van der Waals surface area (Å²) in [6.07, 6.45) is 2.96. The summed E-state index contributed by atoms with van der Waals surface area (Å²) in [5, 5.41) is 4.25. The van der Waals surface area contributed by atoms with Gasteiger partial charge in [0.05, 0.1) is 18.6 Å². The molecule has 0 saturated heterocycles. The first kappa shape index (κ1) is 11.8. The van der Waals surface area contributed by atoms with Crippen LogP contribution >= 0.6 is 11.6 Å². The van der Waals surface area contributed by atoms with Crippen LogP contribution in [0.2, 0.25) is 5.02 Å². The molecule has 1 aliphatic rings. The zero-order chi connectivity index (χ0) is 12.5. The zero-order valence-electron chi connectivity index (χ0n) is 10.4. The summed E-state index contributed by atoms with van der Waals surface area (Å²) in [7, 11) is 0. The predicted molar refractivity (Wildman–Crippen MR) is 72.9 cm³/mol. The third kappa shape index (κ3) is 2.04. The number of aromatic nitrogens is 2. The van der Waals surface area contributed by atoms with E-state index in [1.54, 1.807) is 0 Å². The number of benzene rings is 1. The Balaban J connectivity index is 1.92. The quantitative estimate of drug-likeness (QED) is 0.901. The van der Waals surface area contributed by atoms with Gasteiger partial charge < -0.3 is 9.88 Å². The van der Waals surface area contributed by atoms with Gasteiger partial charge in [0.1, 0.15) is 0 Å². The highest BCUT2D eigenvalue weighted by Gasteiger charge is 2.20. The normalized spacial score (nSPS) is 18.7. The predicted octanol–water partition coefficient (Wildman–Crippen LogP) is 2.79. The molecule has 1 aromatic heterocycles. The maximum absolute atomic E-state index is 6.21. The highest BCUT2D eigenvalue weighted by Crippen LogP contribution is 2.23. The first-order valence-corrected chi connectivity index (χ1v) is 6.64. The maximum Gasteiger partial charge on any atom is 0.0955 e. The Morgan fingerprint density at radius 2 is 2.28 bits per heavy atom. The topological polar surface area (TPSA) is 29.9 Å². The van der Waals surface area contributed by atoms with Gasteiger partial charge in [-0.15, -0.1) is 0 Å². The van der Waals surface area contributed by atoms with Crippen molar-refractivity contribution in [3.05, 3.63) is 52.6 Å². The van der Waals surface area contributed by atoms with Crippen molar-refractivity contribution in [2.75, 3.05) is 6.54 Å². The molecule has 3 rings (SSSR count). The van der Waals surface area contributed by atoms with Crippen molar-refractivity contribution in [3.8, 4) is 0 Å². The van der Waals surface area contributed by atoms with Crippen LogP contribution in [0.5, 0.6) is 0 Å². The monoisotopic (exact) mass is 261 g/mol. The highest BCUT2D eigenvalue weighted by atomic mass is 35.5. The van der Waals surface area contributed by atoms with E-state index < -0.39 is 0 Å². The highest BCUT2D eigenvalue weighted by molar-refractivity contribution is 6.31. The molecule has 1 N–H and O–H groups in total. The largest absolute Gasteiger partial charge is 0.330 e. The Morgan fingerprint density at radius 1 is 1.44 bits per heavy atom. The minimum Gasteiger partial charge on any atom is -0.330 e. The minimum atomic E-state index is 0.348. The molecule has 0 amide bonds. The van der Waals surface area contributed by atoms with E-state index >= 15 is 0 Å². The van der Waals surface area contributed by atoms with Crippen molar-refractivity contribution in [2.45, 2.75) is 25.9 Å². The molecule has 0 fully saturated rings. The van der Waals surface area contributed by atoms with Gasteiger partial charge in [0.15, 0.2) is 0 Å². The van der Waals surface area contributed by atoms with Gasteiger partial charge in [0.2, 0.25) is 0 Å². The lowest BCUT2D eigenvalue weighted by molar-refractivity contribution is 0.516. The van der Waals surface area contributed by atoms with Gasteiger partial charge in [-0.3, -0.25) is 0 Å². The SMILES string of the molecule is CC1NCCc2c1ncn2Cc1ccccc1Cl. The van der Waals surface area contributed by atoms with Gasteiger partial charge in [0.25, 0.3) is 0 Å². The molecular weight excluding hydrogens is 246 g/mol. The summed E-state index contributed by atoms with van der Waals surface area (Å²) in [6.45, 7) is 3.97. The molecule has 0 saturated carbocycles.